The normalized spacial score (nSPS) is 10.6. The van der Waals surface area contributed by atoms with Crippen LogP contribution in [0.5, 0.6) is 23.0 Å². The fourth-order valence-corrected chi connectivity index (χ4v) is 3.30. The van der Waals surface area contributed by atoms with E-state index < -0.39 is 11.8 Å². The maximum absolute atomic E-state index is 12.3. The summed E-state index contributed by atoms with van der Waals surface area (Å²) in [7, 11) is 2.99. The first-order chi connectivity index (χ1) is 15.9. The van der Waals surface area contributed by atoms with Crippen molar-refractivity contribution in [1.29, 1.82) is 0 Å². The maximum Gasteiger partial charge on any atom is 0.259 e. The third-order valence-corrected chi connectivity index (χ3v) is 4.83. The minimum atomic E-state index is -0.480. The van der Waals surface area contributed by atoms with Crippen molar-refractivity contribution in [3.8, 4) is 23.0 Å². The lowest BCUT2D eigenvalue weighted by atomic mass is 10.2. The van der Waals surface area contributed by atoms with E-state index in [0.29, 0.717) is 47.3 Å². The standard InChI is InChI=1S/C23H28BrN3O6/c1-5-9-33-22-17(24)10-15(11-20(22)32-6-2)13-26-27-21(28)14-25-23(29)16-7-8-18(30-3)19(12-16)31-4/h7-8,10-13H,5-6,9,14H2,1-4H3,(H,25,29)(H,27,28)/b26-13-. The summed E-state index contributed by atoms with van der Waals surface area (Å²) in [6.07, 6.45) is 2.35. The summed E-state index contributed by atoms with van der Waals surface area (Å²) >= 11 is 3.48. The van der Waals surface area contributed by atoms with Gasteiger partial charge in [-0.3, -0.25) is 9.59 Å². The number of hydrogen-bond acceptors (Lipinski definition) is 7. The van der Waals surface area contributed by atoms with Gasteiger partial charge < -0.3 is 24.3 Å². The van der Waals surface area contributed by atoms with Crippen LogP contribution < -0.4 is 29.7 Å². The Morgan fingerprint density at radius 3 is 2.45 bits per heavy atom. The summed E-state index contributed by atoms with van der Waals surface area (Å²) in [4.78, 5) is 24.4. The molecule has 9 nitrogen and oxygen atoms in total. The van der Waals surface area contributed by atoms with Crippen LogP contribution in [-0.2, 0) is 4.79 Å². The van der Waals surface area contributed by atoms with E-state index in [-0.39, 0.29) is 6.54 Å². The molecule has 0 heterocycles. The Kier molecular flexibility index (Phi) is 10.5. The van der Waals surface area contributed by atoms with Gasteiger partial charge in [-0.15, -0.1) is 0 Å². The van der Waals surface area contributed by atoms with Crippen LogP contribution in [-0.4, -0.2) is 52.0 Å². The van der Waals surface area contributed by atoms with Crippen molar-refractivity contribution in [1.82, 2.24) is 10.7 Å². The quantitative estimate of drug-likeness (QED) is 0.326. The zero-order valence-corrected chi connectivity index (χ0v) is 20.7. The Bertz CT molecular complexity index is 996. The Labute approximate surface area is 201 Å². The molecule has 0 bridgehead atoms. The first-order valence-electron chi connectivity index (χ1n) is 10.3. The second kappa shape index (κ2) is 13.3. The molecule has 0 unspecified atom stereocenters. The maximum atomic E-state index is 12.3. The lowest BCUT2D eigenvalue weighted by Gasteiger charge is -2.14. The molecular weight excluding hydrogens is 494 g/mol. The molecule has 0 aliphatic heterocycles. The van der Waals surface area contributed by atoms with Crippen LogP contribution in [0.4, 0.5) is 0 Å². The summed E-state index contributed by atoms with van der Waals surface area (Å²) in [6, 6.07) is 8.31. The van der Waals surface area contributed by atoms with Gasteiger partial charge in [0.2, 0.25) is 0 Å². The summed E-state index contributed by atoms with van der Waals surface area (Å²) in [5.41, 5.74) is 3.42. The number of nitrogens with one attached hydrogen (secondary N) is 2. The van der Waals surface area contributed by atoms with E-state index in [2.05, 4.69) is 31.8 Å². The van der Waals surface area contributed by atoms with E-state index in [1.807, 2.05) is 19.9 Å². The van der Waals surface area contributed by atoms with Crippen molar-refractivity contribution in [2.24, 2.45) is 5.10 Å². The summed E-state index contributed by atoms with van der Waals surface area (Å²) < 4.78 is 22.4. The number of hydrogen-bond donors (Lipinski definition) is 2. The van der Waals surface area contributed by atoms with Gasteiger partial charge in [0.1, 0.15) is 0 Å². The molecule has 0 saturated heterocycles. The first-order valence-corrected chi connectivity index (χ1v) is 11.1. The number of halogens is 1. The van der Waals surface area contributed by atoms with E-state index >= 15 is 0 Å². The molecule has 33 heavy (non-hydrogen) atoms. The Morgan fingerprint density at radius 1 is 1.03 bits per heavy atom. The Morgan fingerprint density at radius 2 is 1.79 bits per heavy atom. The molecule has 10 heteroatoms. The minimum absolute atomic E-state index is 0.248. The van der Waals surface area contributed by atoms with Gasteiger partial charge in [-0.25, -0.2) is 5.43 Å². The number of carbonyl (C=O) groups is 2. The minimum Gasteiger partial charge on any atom is -0.493 e. The van der Waals surface area contributed by atoms with Crippen LogP contribution in [0, 0.1) is 0 Å². The molecule has 0 aromatic heterocycles. The van der Waals surface area contributed by atoms with Gasteiger partial charge in [0.15, 0.2) is 23.0 Å². The molecule has 0 fully saturated rings. The Hall–Kier alpha value is -3.27. The predicted octanol–water partition coefficient (Wildman–Crippen LogP) is 3.53. The van der Waals surface area contributed by atoms with Gasteiger partial charge in [0, 0.05) is 5.56 Å². The first kappa shape index (κ1) is 26.0. The third kappa shape index (κ3) is 7.67. The predicted molar refractivity (Wildman–Crippen MR) is 129 cm³/mol. The van der Waals surface area contributed by atoms with Gasteiger partial charge in [-0.05, 0) is 65.2 Å². The molecule has 0 saturated carbocycles. The van der Waals surface area contributed by atoms with Gasteiger partial charge >= 0.3 is 0 Å². The highest BCUT2D eigenvalue weighted by Crippen LogP contribution is 2.36. The number of hydrazone groups is 1. The van der Waals surface area contributed by atoms with Crippen LogP contribution >= 0.6 is 15.9 Å². The van der Waals surface area contributed by atoms with Crippen molar-refractivity contribution in [3.05, 3.63) is 45.9 Å². The number of benzene rings is 2. The monoisotopic (exact) mass is 521 g/mol. The third-order valence-electron chi connectivity index (χ3n) is 4.24. The van der Waals surface area contributed by atoms with E-state index in [4.69, 9.17) is 18.9 Å². The van der Waals surface area contributed by atoms with E-state index in [1.54, 1.807) is 18.2 Å². The summed E-state index contributed by atoms with van der Waals surface area (Å²) in [6.45, 7) is 4.70. The lowest BCUT2D eigenvalue weighted by molar-refractivity contribution is -0.120. The van der Waals surface area contributed by atoms with Crippen LogP contribution in [0.25, 0.3) is 0 Å². The molecule has 0 spiro atoms. The zero-order chi connectivity index (χ0) is 24.2. The van der Waals surface area contributed by atoms with Crippen LogP contribution in [0.1, 0.15) is 36.2 Å². The second-order valence-electron chi connectivity index (χ2n) is 6.66. The average Bonchev–Trinajstić information content (AvgIpc) is 2.81. The molecule has 2 aromatic carbocycles. The molecule has 2 amide bonds. The highest BCUT2D eigenvalue weighted by Gasteiger charge is 2.13. The lowest BCUT2D eigenvalue weighted by Crippen LogP contribution is -2.34. The number of amides is 2. The highest BCUT2D eigenvalue weighted by molar-refractivity contribution is 9.10. The molecule has 2 N–H and O–H groups in total. The zero-order valence-electron chi connectivity index (χ0n) is 19.1. The molecule has 0 atom stereocenters. The number of carbonyl (C=O) groups excluding carboxylic acids is 2. The van der Waals surface area contributed by atoms with E-state index in [9.17, 15) is 9.59 Å². The number of nitrogens with zero attached hydrogens (tertiary/aromatic N) is 1. The largest absolute Gasteiger partial charge is 0.493 e. The topological polar surface area (TPSA) is 107 Å². The van der Waals surface area contributed by atoms with Crippen molar-refractivity contribution in [3.63, 3.8) is 0 Å². The smallest absolute Gasteiger partial charge is 0.259 e. The average molecular weight is 522 g/mol. The number of rotatable bonds is 12. The number of ether oxygens (including phenoxy) is 4. The summed E-state index contributed by atoms with van der Waals surface area (Å²) in [5, 5.41) is 6.48. The van der Waals surface area contributed by atoms with E-state index in [1.165, 1.54) is 26.5 Å². The van der Waals surface area contributed by atoms with Crippen molar-refractivity contribution in [2.45, 2.75) is 20.3 Å². The molecule has 178 valence electrons. The van der Waals surface area contributed by atoms with Crippen LogP contribution in [0.3, 0.4) is 0 Å². The van der Waals surface area contributed by atoms with Crippen molar-refractivity contribution < 1.29 is 28.5 Å². The van der Waals surface area contributed by atoms with Gasteiger partial charge in [0.05, 0.1) is 44.7 Å². The van der Waals surface area contributed by atoms with Crippen LogP contribution in [0.2, 0.25) is 0 Å². The molecular formula is C23H28BrN3O6. The van der Waals surface area contributed by atoms with Crippen molar-refractivity contribution in [2.75, 3.05) is 34.0 Å². The van der Waals surface area contributed by atoms with Gasteiger partial charge in [0.25, 0.3) is 11.8 Å². The van der Waals surface area contributed by atoms with Gasteiger partial charge in [-0.1, -0.05) is 6.92 Å². The fourth-order valence-electron chi connectivity index (χ4n) is 2.73. The fraction of sp³-hybridized carbons (Fsp3) is 0.348. The van der Waals surface area contributed by atoms with Gasteiger partial charge in [-0.2, -0.15) is 5.10 Å². The number of methoxy groups -OCH3 is 2. The van der Waals surface area contributed by atoms with Crippen molar-refractivity contribution >= 4 is 34.0 Å². The van der Waals surface area contributed by atoms with E-state index in [0.717, 1.165) is 10.9 Å². The summed E-state index contributed by atoms with van der Waals surface area (Å²) in [5.74, 6) is 1.22. The molecule has 2 rings (SSSR count). The molecule has 0 radical (unpaired) electrons. The molecule has 0 aliphatic rings. The Balaban J connectivity index is 1.95. The second-order valence-corrected chi connectivity index (χ2v) is 7.51. The highest BCUT2D eigenvalue weighted by atomic mass is 79.9. The van der Waals surface area contributed by atoms with Crippen LogP contribution in [0.15, 0.2) is 39.9 Å². The molecule has 2 aromatic rings. The molecule has 0 aliphatic carbocycles. The SMILES string of the molecule is CCCOc1c(Br)cc(/C=N\NC(=O)CNC(=O)c2ccc(OC)c(OC)c2)cc1OCC.